The molecular weight excluding hydrogens is 542 g/mol. The molecule has 0 fully saturated rings. The number of benzene rings is 2. The van der Waals surface area contributed by atoms with E-state index in [2.05, 4.69) is 68.6 Å². The minimum absolute atomic E-state index is 0.0189. The molecule has 1 amide bonds. The summed E-state index contributed by atoms with van der Waals surface area (Å²) in [7, 11) is 0.907. The number of rotatable bonds is 8. The molecule has 0 saturated heterocycles. The van der Waals surface area contributed by atoms with Gasteiger partial charge in [0, 0.05) is 13.2 Å². The maximum Gasteiger partial charge on any atom is 0.270 e. The number of anilines is 2. The molecule has 4 rings (SSSR count). The number of fused-ring (bicyclic) bond motifs is 1. The number of para-hydroxylation sites is 3. The molecule has 0 radical (unpaired) electrons. The summed E-state index contributed by atoms with van der Waals surface area (Å²) < 4.78 is 6.94. The topological polar surface area (TPSA) is 98.1 Å². The van der Waals surface area contributed by atoms with Gasteiger partial charge in [-0.05, 0) is 40.9 Å². The normalized spacial score (nSPS) is 11.5. The molecule has 4 aromatic rings. The molecule has 2 aromatic carbocycles. The summed E-state index contributed by atoms with van der Waals surface area (Å²) in [6, 6.07) is 16.6. The van der Waals surface area contributed by atoms with Gasteiger partial charge in [0.2, 0.25) is 5.95 Å². The molecular formula is C33H39N5O3Si. The van der Waals surface area contributed by atoms with Gasteiger partial charge in [-0.1, -0.05) is 77.8 Å². The van der Waals surface area contributed by atoms with Gasteiger partial charge in [-0.25, -0.2) is 4.98 Å². The van der Waals surface area contributed by atoms with Crippen LogP contribution in [0.3, 0.4) is 0 Å². The fourth-order valence-corrected chi connectivity index (χ4v) is 11.2. The molecule has 42 heavy (non-hydrogen) atoms. The van der Waals surface area contributed by atoms with Gasteiger partial charge in [0.25, 0.3) is 11.5 Å². The second kappa shape index (κ2) is 12.6. The molecule has 0 atom stereocenters. The van der Waals surface area contributed by atoms with Crippen LogP contribution in [-0.4, -0.2) is 42.7 Å². The van der Waals surface area contributed by atoms with Crippen LogP contribution in [0.2, 0.25) is 16.6 Å². The number of ether oxygens (including phenoxy) is 1. The molecule has 2 heterocycles. The third kappa shape index (κ3) is 5.55. The maximum absolute atomic E-state index is 14.2. The van der Waals surface area contributed by atoms with Gasteiger partial charge in [0.1, 0.15) is 19.4 Å². The van der Waals surface area contributed by atoms with Crippen molar-refractivity contribution < 1.29 is 9.53 Å². The third-order valence-corrected chi connectivity index (χ3v) is 14.3. The fourth-order valence-electron chi connectivity index (χ4n) is 5.98. The summed E-state index contributed by atoms with van der Waals surface area (Å²) in [6.07, 6.45) is 1.64. The van der Waals surface area contributed by atoms with E-state index >= 15 is 0 Å². The highest BCUT2D eigenvalue weighted by molar-refractivity contribution is 6.90. The Bertz CT molecular complexity index is 1700. The van der Waals surface area contributed by atoms with Gasteiger partial charge in [0.15, 0.2) is 5.65 Å². The molecule has 0 spiro atoms. The number of methoxy groups -OCH3 is 1. The number of carbonyl (C=O) groups is 1. The average Bonchev–Trinajstić information content (AvgIpc) is 2.97. The largest absolute Gasteiger partial charge is 0.495 e. The molecule has 0 unspecified atom stereocenters. The van der Waals surface area contributed by atoms with Crippen molar-refractivity contribution in [3.63, 3.8) is 0 Å². The van der Waals surface area contributed by atoms with Crippen LogP contribution in [0.1, 0.15) is 57.5 Å². The minimum Gasteiger partial charge on any atom is -0.495 e. The highest BCUT2D eigenvalue weighted by Crippen LogP contribution is 2.41. The highest BCUT2D eigenvalue weighted by atomic mass is 28.3. The number of nitrogens with zero attached hydrogens (tertiary/aromatic N) is 3. The molecule has 0 saturated carbocycles. The van der Waals surface area contributed by atoms with Crippen LogP contribution in [0.4, 0.5) is 11.6 Å². The molecule has 9 heteroatoms. The zero-order valence-electron chi connectivity index (χ0n) is 25.6. The fraction of sp³-hybridized carbons (Fsp3) is 0.333. The molecule has 0 aliphatic heterocycles. The van der Waals surface area contributed by atoms with E-state index in [9.17, 15) is 9.59 Å². The first kappa shape index (κ1) is 30.5. The van der Waals surface area contributed by atoms with Crippen molar-refractivity contribution in [3.05, 3.63) is 82.3 Å². The van der Waals surface area contributed by atoms with Crippen LogP contribution in [-0.2, 0) is 0 Å². The van der Waals surface area contributed by atoms with Gasteiger partial charge in [0.05, 0.1) is 29.4 Å². The van der Waals surface area contributed by atoms with Gasteiger partial charge in [-0.15, -0.1) is 5.54 Å². The first-order valence-electron chi connectivity index (χ1n) is 14.2. The summed E-state index contributed by atoms with van der Waals surface area (Å²) >= 11 is 0. The van der Waals surface area contributed by atoms with Crippen molar-refractivity contribution >= 4 is 36.7 Å². The predicted molar refractivity (Wildman–Crippen MR) is 173 cm³/mol. The smallest absolute Gasteiger partial charge is 0.270 e. The first-order chi connectivity index (χ1) is 20.1. The lowest BCUT2D eigenvalue weighted by Crippen LogP contribution is -2.43. The molecule has 0 bridgehead atoms. The minimum atomic E-state index is -2.20. The van der Waals surface area contributed by atoms with Crippen molar-refractivity contribution in [2.24, 2.45) is 0 Å². The quantitative estimate of drug-likeness (QED) is 0.183. The van der Waals surface area contributed by atoms with E-state index in [0.29, 0.717) is 50.3 Å². The molecule has 0 aliphatic carbocycles. The Morgan fingerprint density at radius 3 is 2.17 bits per heavy atom. The zero-order valence-corrected chi connectivity index (χ0v) is 26.6. The number of amides is 1. The Balaban J connectivity index is 2.10. The number of pyridine rings is 1. The third-order valence-electron chi connectivity index (χ3n) is 8.01. The van der Waals surface area contributed by atoms with E-state index in [-0.39, 0.29) is 11.5 Å². The highest BCUT2D eigenvalue weighted by Gasteiger charge is 2.42. The summed E-state index contributed by atoms with van der Waals surface area (Å²) in [5.41, 5.74) is 6.25. The van der Waals surface area contributed by atoms with Crippen molar-refractivity contribution in [1.29, 1.82) is 0 Å². The molecule has 218 valence electrons. The Hall–Kier alpha value is -4.42. The number of nitrogens with one attached hydrogen (secondary N) is 2. The zero-order chi connectivity index (χ0) is 30.6. The Morgan fingerprint density at radius 1 is 0.952 bits per heavy atom. The monoisotopic (exact) mass is 581 g/mol. The van der Waals surface area contributed by atoms with Gasteiger partial charge < -0.3 is 15.4 Å². The van der Waals surface area contributed by atoms with Crippen LogP contribution in [0.5, 0.6) is 5.75 Å². The summed E-state index contributed by atoms with van der Waals surface area (Å²) in [4.78, 5) is 37.0. The van der Waals surface area contributed by atoms with Crippen molar-refractivity contribution in [2.45, 2.75) is 58.2 Å². The number of carbonyl (C=O) groups excluding carboxylic acids is 1. The maximum atomic E-state index is 14.2. The summed E-state index contributed by atoms with van der Waals surface area (Å²) in [6.45, 7) is 13.4. The molecule has 2 N–H and O–H groups in total. The van der Waals surface area contributed by atoms with Crippen LogP contribution in [0.25, 0.3) is 16.7 Å². The van der Waals surface area contributed by atoms with E-state index in [0.717, 1.165) is 0 Å². The van der Waals surface area contributed by atoms with Crippen molar-refractivity contribution in [1.82, 2.24) is 19.9 Å². The predicted octanol–water partition coefficient (Wildman–Crippen LogP) is 6.46. The van der Waals surface area contributed by atoms with Crippen LogP contribution in [0.15, 0.2) is 65.6 Å². The summed E-state index contributed by atoms with van der Waals surface area (Å²) in [5, 5.41) is 6.39. The van der Waals surface area contributed by atoms with Gasteiger partial charge in [-0.2, -0.15) is 4.98 Å². The van der Waals surface area contributed by atoms with Crippen molar-refractivity contribution in [3.8, 4) is 22.9 Å². The lowest BCUT2D eigenvalue weighted by molar-refractivity contribution is 0.0961. The number of aromatic nitrogens is 3. The van der Waals surface area contributed by atoms with Gasteiger partial charge in [-0.3, -0.25) is 14.2 Å². The van der Waals surface area contributed by atoms with E-state index in [4.69, 9.17) is 9.72 Å². The Morgan fingerprint density at radius 2 is 1.57 bits per heavy atom. The molecule has 2 aromatic heterocycles. The van der Waals surface area contributed by atoms with E-state index < -0.39 is 19.5 Å². The number of hydrogen-bond donors (Lipinski definition) is 2. The van der Waals surface area contributed by atoms with E-state index in [1.807, 2.05) is 54.6 Å². The SMILES string of the molecule is CNC(=O)c1c(C#C[Si](C(C)C)(C(C)C)C(C)C)c2cnc(Nc3ccccc3OC)nc2n(-c2ccccc2)c1=O. The molecule has 8 nitrogen and oxygen atoms in total. The Labute approximate surface area is 248 Å². The second-order valence-electron chi connectivity index (χ2n) is 11.2. The molecule has 0 aliphatic rings. The Kier molecular flexibility index (Phi) is 9.17. The second-order valence-corrected chi connectivity index (χ2v) is 16.8. The van der Waals surface area contributed by atoms with Crippen LogP contribution < -0.4 is 20.9 Å². The average molecular weight is 582 g/mol. The lowest BCUT2D eigenvalue weighted by atomic mass is 10.1. The van der Waals surface area contributed by atoms with Crippen molar-refractivity contribution in [2.75, 3.05) is 19.5 Å². The van der Waals surface area contributed by atoms with E-state index in [1.165, 1.54) is 11.6 Å². The number of hydrogen-bond acceptors (Lipinski definition) is 6. The first-order valence-corrected chi connectivity index (χ1v) is 16.5. The lowest BCUT2D eigenvalue weighted by Gasteiger charge is -2.38. The van der Waals surface area contributed by atoms with Crippen LogP contribution >= 0.6 is 0 Å². The summed E-state index contributed by atoms with van der Waals surface area (Å²) in [5.74, 6) is 3.78. The standard InChI is InChI=1S/C33H39N5O3Si/c1-21(2)42(22(3)4,23(5)6)19-18-25-26-20-35-33(36-27-16-12-13-17-28(27)41-8)37-30(26)38(24-14-10-9-11-15-24)32(40)29(25)31(39)34-7/h9-17,20-23H,1-8H3,(H,34,39)(H,35,36,37). The van der Waals surface area contributed by atoms with E-state index in [1.54, 1.807) is 13.3 Å². The van der Waals surface area contributed by atoms with Crippen LogP contribution in [0, 0.1) is 11.5 Å². The van der Waals surface area contributed by atoms with Gasteiger partial charge >= 0.3 is 0 Å².